The number of rotatable bonds is 8. The van der Waals surface area contributed by atoms with E-state index in [4.69, 9.17) is 4.74 Å². The molecule has 0 fully saturated rings. The number of unbranched alkanes of at least 4 members (excludes halogenated alkanes) is 1. The van der Waals surface area contributed by atoms with Gasteiger partial charge in [-0.3, -0.25) is 9.52 Å². The Bertz CT molecular complexity index is 771. The number of carbonyl (C=O) groups excluding carboxylic acids is 1. The van der Waals surface area contributed by atoms with Gasteiger partial charge >= 0.3 is 5.97 Å². The van der Waals surface area contributed by atoms with E-state index in [0.717, 1.165) is 10.8 Å². The first-order valence-corrected chi connectivity index (χ1v) is 9.30. The van der Waals surface area contributed by atoms with Gasteiger partial charge in [-0.05, 0) is 42.7 Å². The molecule has 6 heteroatoms. The molecule has 2 rings (SSSR count). The third kappa shape index (κ3) is 5.56. The molecule has 0 aliphatic heterocycles. The van der Waals surface area contributed by atoms with Crippen LogP contribution in [-0.4, -0.2) is 26.7 Å². The van der Waals surface area contributed by atoms with Gasteiger partial charge in [0.05, 0.1) is 12.4 Å². The van der Waals surface area contributed by atoms with Gasteiger partial charge in [0, 0.05) is 12.1 Å². The second-order valence-corrected chi connectivity index (χ2v) is 7.09. The Morgan fingerprint density at radius 3 is 2.57 bits per heavy atom. The van der Waals surface area contributed by atoms with Crippen molar-refractivity contribution in [1.82, 2.24) is 0 Å². The summed E-state index contributed by atoms with van der Waals surface area (Å²) >= 11 is 0. The zero-order valence-electron chi connectivity index (χ0n) is 13.1. The van der Waals surface area contributed by atoms with Crippen molar-refractivity contribution < 1.29 is 17.9 Å². The number of nitrogens with one attached hydrogen (secondary N) is 1. The van der Waals surface area contributed by atoms with E-state index in [-0.39, 0.29) is 18.1 Å². The lowest BCUT2D eigenvalue weighted by Crippen LogP contribution is -2.17. The highest BCUT2D eigenvalue weighted by Gasteiger charge is 2.11. The predicted octanol–water partition coefficient (Wildman–Crippen LogP) is 3.31. The summed E-state index contributed by atoms with van der Waals surface area (Å²) in [6, 6.07) is 13.2. The third-order valence-electron chi connectivity index (χ3n) is 3.37. The van der Waals surface area contributed by atoms with Crippen molar-refractivity contribution in [3.63, 3.8) is 0 Å². The first kappa shape index (κ1) is 17.3. The molecule has 124 valence electrons. The Labute approximate surface area is 136 Å². The largest absolute Gasteiger partial charge is 0.466 e. The highest BCUT2D eigenvalue weighted by Crippen LogP contribution is 2.20. The Morgan fingerprint density at radius 1 is 1.09 bits per heavy atom. The van der Waals surface area contributed by atoms with E-state index in [1.165, 1.54) is 0 Å². The van der Waals surface area contributed by atoms with Gasteiger partial charge in [0.15, 0.2) is 0 Å². The van der Waals surface area contributed by atoms with Gasteiger partial charge in [-0.25, -0.2) is 8.42 Å². The van der Waals surface area contributed by atoms with Crippen LogP contribution in [0.15, 0.2) is 42.5 Å². The predicted molar refractivity (Wildman–Crippen MR) is 91.8 cm³/mol. The molecule has 0 aliphatic rings. The Morgan fingerprint density at radius 2 is 1.83 bits per heavy atom. The Kier molecular flexibility index (Phi) is 5.98. The van der Waals surface area contributed by atoms with Crippen molar-refractivity contribution in [3.8, 4) is 0 Å². The summed E-state index contributed by atoms with van der Waals surface area (Å²) in [5.41, 5.74) is 0.550. The summed E-state index contributed by atoms with van der Waals surface area (Å²) in [6.07, 6.45) is 1.17. The average molecular weight is 335 g/mol. The minimum Gasteiger partial charge on any atom is -0.466 e. The van der Waals surface area contributed by atoms with Crippen LogP contribution in [0.25, 0.3) is 10.8 Å². The molecule has 2 aromatic carbocycles. The number of fused-ring (bicyclic) bond motifs is 1. The molecular weight excluding hydrogens is 314 g/mol. The minimum atomic E-state index is -3.42. The smallest absolute Gasteiger partial charge is 0.305 e. The second-order valence-electron chi connectivity index (χ2n) is 5.24. The Balaban J connectivity index is 1.88. The van der Waals surface area contributed by atoms with Crippen LogP contribution in [-0.2, 0) is 19.6 Å². The minimum absolute atomic E-state index is 0.0147. The van der Waals surface area contributed by atoms with Crippen molar-refractivity contribution in [2.24, 2.45) is 0 Å². The average Bonchev–Trinajstić information content (AvgIpc) is 2.51. The summed E-state index contributed by atoms with van der Waals surface area (Å²) in [4.78, 5) is 11.2. The lowest BCUT2D eigenvalue weighted by atomic mass is 10.1. The van der Waals surface area contributed by atoms with Gasteiger partial charge in [0.1, 0.15) is 0 Å². The van der Waals surface area contributed by atoms with Gasteiger partial charge in [0.25, 0.3) is 0 Å². The standard InChI is InChI=1S/C17H21NO4S/c1-2-22-17(19)9-5-6-12-23(20,21)18-16-11-10-14-7-3-4-8-15(14)13-16/h3-4,7-8,10-11,13,18H,2,5-6,9,12H2,1H3. The summed E-state index contributed by atoms with van der Waals surface area (Å²) in [5.74, 6) is -0.299. The van der Waals surface area contributed by atoms with Crippen LogP contribution in [0.2, 0.25) is 0 Å². The lowest BCUT2D eigenvalue weighted by Gasteiger charge is -2.09. The number of hydrogen-bond donors (Lipinski definition) is 1. The van der Waals surface area contributed by atoms with E-state index in [2.05, 4.69) is 4.72 Å². The monoisotopic (exact) mass is 335 g/mol. The molecule has 0 unspecified atom stereocenters. The van der Waals surface area contributed by atoms with Crippen LogP contribution in [0, 0.1) is 0 Å². The van der Waals surface area contributed by atoms with Crippen LogP contribution < -0.4 is 4.72 Å². The van der Waals surface area contributed by atoms with Crippen LogP contribution in [0.4, 0.5) is 5.69 Å². The number of anilines is 1. The van der Waals surface area contributed by atoms with Gasteiger partial charge in [-0.1, -0.05) is 30.3 Å². The lowest BCUT2D eigenvalue weighted by molar-refractivity contribution is -0.143. The summed E-state index contributed by atoms with van der Waals surface area (Å²) in [5, 5.41) is 2.04. The fourth-order valence-corrected chi connectivity index (χ4v) is 3.45. The highest BCUT2D eigenvalue weighted by atomic mass is 32.2. The third-order valence-corrected chi connectivity index (χ3v) is 4.74. The van der Waals surface area contributed by atoms with E-state index >= 15 is 0 Å². The van der Waals surface area contributed by atoms with Crippen molar-refractivity contribution in [1.29, 1.82) is 0 Å². The molecule has 0 saturated carbocycles. The first-order valence-electron chi connectivity index (χ1n) is 7.65. The zero-order valence-corrected chi connectivity index (χ0v) is 13.9. The highest BCUT2D eigenvalue weighted by molar-refractivity contribution is 7.92. The van der Waals surface area contributed by atoms with Crippen LogP contribution in [0.1, 0.15) is 26.2 Å². The molecular formula is C17H21NO4S. The zero-order chi connectivity index (χ0) is 16.7. The SMILES string of the molecule is CCOC(=O)CCCCS(=O)(=O)Nc1ccc2ccccc2c1. The van der Waals surface area contributed by atoms with Gasteiger partial charge < -0.3 is 4.74 Å². The fourth-order valence-electron chi connectivity index (χ4n) is 2.28. The van der Waals surface area contributed by atoms with Crippen LogP contribution >= 0.6 is 0 Å². The molecule has 0 aliphatic carbocycles. The van der Waals surface area contributed by atoms with Gasteiger partial charge in [0.2, 0.25) is 10.0 Å². The summed E-state index contributed by atoms with van der Waals surface area (Å²) in [6.45, 7) is 2.09. The molecule has 0 heterocycles. The van der Waals surface area contributed by atoms with Gasteiger partial charge in [-0.2, -0.15) is 0 Å². The molecule has 1 N–H and O–H groups in total. The van der Waals surface area contributed by atoms with E-state index in [1.807, 2.05) is 36.4 Å². The second kappa shape index (κ2) is 7.97. The van der Waals surface area contributed by atoms with Crippen molar-refractivity contribution in [2.45, 2.75) is 26.2 Å². The first-order chi connectivity index (χ1) is 11.0. The summed E-state index contributed by atoms with van der Waals surface area (Å²) in [7, 11) is -3.42. The number of carbonyl (C=O) groups is 1. The molecule has 23 heavy (non-hydrogen) atoms. The van der Waals surface area contributed by atoms with E-state index in [1.54, 1.807) is 13.0 Å². The molecule has 0 bridgehead atoms. The maximum atomic E-state index is 12.1. The number of ether oxygens (including phenoxy) is 1. The molecule has 0 aromatic heterocycles. The van der Waals surface area contributed by atoms with E-state index in [0.29, 0.717) is 25.1 Å². The van der Waals surface area contributed by atoms with E-state index in [9.17, 15) is 13.2 Å². The molecule has 0 amide bonds. The molecule has 0 saturated heterocycles. The van der Waals surface area contributed by atoms with Crippen molar-refractivity contribution in [2.75, 3.05) is 17.1 Å². The molecule has 0 radical (unpaired) electrons. The van der Waals surface area contributed by atoms with Crippen molar-refractivity contribution >= 4 is 32.5 Å². The number of esters is 1. The maximum Gasteiger partial charge on any atom is 0.305 e. The fraction of sp³-hybridized carbons (Fsp3) is 0.353. The number of benzene rings is 2. The molecule has 2 aromatic rings. The number of hydrogen-bond acceptors (Lipinski definition) is 4. The van der Waals surface area contributed by atoms with Gasteiger partial charge in [-0.15, -0.1) is 0 Å². The molecule has 5 nitrogen and oxygen atoms in total. The van der Waals surface area contributed by atoms with Crippen LogP contribution in [0.3, 0.4) is 0 Å². The topological polar surface area (TPSA) is 72.5 Å². The Hall–Kier alpha value is -2.08. The maximum absolute atomic E-state index is 12.1. The molecule has 0 atom stereocenters. The van der Waals surface area contributed by atoms with E-state index < -0.39 is 10.0 Å². The summed E-state index contributed by atoms with van der Waals surface area (Å²) < 4.78 is 31.5. The number of sulfonamides is 1. The van der Waals surface area contributed by atoms with Crippen molar-refractivity contribution in [3.05, 3.63) is 42.5 Å². The quantitative estimate of drug-likeness (QED) is 0.593. The molecule has 0 spiro atoms. The normalized spacial score (nSPS) is 11.3. The van der Waals surface area contributed by atoms with Crippen LogP contribution in [0.5, 0.6) is 0 Å².